The van der Waals surface area contributed by atoms with Crippen LogP contribution in [0.4, 0.5) is 0 Å². The molecular formula is C17H23IN4O2. The molecule has 1 heterocycles. The van der Waals surface area contributed by atoms with E-state index in [4.69, 9.17) is 0 Å². The van der Waals surface area contributed by atoms with Crippen molar-refractivity contribution in [2.75, 3.05) is 20.1 Å². The Bertz CT molecular complexity index is 606. The van der Waals surface area contributed by atoms with Crippen LogP contribution in [-0.4, -0.2) is 48.9 Å². The van der Waals surface area contributed by atoms with Gasteiger partial charge in [0, 0.05) is 26.2 Å². The third kappa shape index (κ3) is 3.88. The molecule has 0 saturated heterocycles. The summed E-state index contributed by atoms with van der Waals surface area (Å²) in [5.41, 5.74) is 0.983. The summed E-state index contributed by atoms with van der Waals surface area (Å²) in [5, 5.41) is 6.56. The number of benzene rings is 1. The molecule has 7 heteroatoms. The predicted molar refractivity (Wildman–Crippen MR) is 104 cm³/mol. The molecule has 1 aromatic rings. The van der Waals surface area contributed by atoms with E-state index in [-0.39, 0.29) is 35.8 Å². The van der Waals surface area contributed by atoms with Crippen LogP contribution >= 0.6 is 24.0 Å². The fourth-order valence-corrected chi connectivity index (χ4v) is 3.19. The fraction of sp³-hybridized carbons (Fsp3) is 0.471. The van der Waals surface area contributed by atoms with Gasteiger partial charge in [0.2, 0.25) is 0 Å². The number of imide groups is 1. The normalized spacial score (nSPS) is 17.7. The summed E-state index contributed by atoms with van der Waals surface area (Å²) in [6.07, 6.45) is 4.84. The highest BCUT2D eigenvalue weighted by molar-refractivity contribution is 14.0. The van der Waals surface area contributed by atoms with E-state index in [2.05, 4.69) is 15.6 Å². The number of carbonyl (C=O) groups is 2. The third-order valence-electron chi connectivity index (χ3n) is 4.43. The molecule has 1 aliphatic heterocycles. The highest BCUT2D eigenvalue weighted by atomic mass is 127. The van der Waals surface area contributed by atoms with Crippen molar-refractivity contribution < 1.29 is 9.59 Å². The predicted octanol–water partition coefficient (Wildman–Crippen LogP) is 2.01. The number of halogens is 1. The first-order chi connectivity index (χ1) is 11.2. The van der Waals surface area contributed by atoms with E-state index in [9.17, 15) is 9.59 Å². The van der Waals surface area contributed by atoms with Crippen LogP contribution in [0.1, 0.15) is 46.4 Å². The molecule has 0 bridgehead atoms. The molecule has 0 aromatic heterocycles. The first kappa shape index (κ1) is 18.7. The van der Waals surface area contributed by atoms with Gasteiger partial charge in [-0.3, -0.25) is 19.5 Å². The van der Waals surface area contributed by atoms with E-state index in [0.717, 1.165) is 5.96 Å². The third-order valence-corrected chi connectivity index (χ3v) is 4.43. The van der Waals surface area contributed by atoms with Crippen molar-refractivity contribution >= 4 is 41.8 Å². The number of carbonyl (C=O) groups excluding carboxylic acids is 2. The number of hydrogen-bond donors (Lipinski definition) is 2. The minimum atomic E-state index is -0.217. The van der Waals surface area contributed by atoms with Gasteiger partial charge in [0.05, 0.1) is 11.1 Å². The Hall–Kier alpha value is -1.64. The molecular weight excluding hydrogens is 419 g/mol. The fourth-order valence-electron chi connectivity index (χ4n) is 3.19. The molecule has 1 saturated carbocycles. The van der Waals surface area contributed by atoms with Gasteiger partial charge in [-0.15, -0.1) is 24.0 Å². The van der Waals surface area contributed by atoms with Gasteiger partial charge in [-0.2, -0.15) is 0 Å². The zero-order valence-corrected chi connectivity index (χ0v) is 16.1. The Morgan fingerprint density at radius 3 is 2.29 bits per heavy atom. The van der Waals surface area contributed by atoms with Gasteiger partial charge in [0.15, 0.2) is 5.96 Å². The van der Waals surface area contributed by atoms with E-state index < -0.39 is 0 Å². The van der Waals surface area contributed by atoms with Crippen LogP contribution in [0.5, 0.6) is 0 Å². The lowest BCUT2D eigenvalue weighted by Crippen LogP contribution is -2.45. The Morgan fingerprint density at radius 1 is 1.17 bits per heavy atom. The number of nitrogens with one attached hydrogen (secondary N) is 2. The number of rotatable bonds is 4. The minimum Gasteiger partial charge on any atom is -0.355 e. The molecule has 2 aliphatic rings. The molecule has 2 amide bonds. The second kappa shape index (κ2) is 8.46. The van der Waals surface area contributed by atoms with Crippen molar-refractivity contribution in [2.45, 2.75) is 31.7 Å². The minimum absolute atomic E-state index is 0. The molecule has 1 aliphatic carbocycles. The van der Waals surface area contributed by atoms with E-state index in [0.29, 0.717) is 30.3 Å². The summed E-state index contributed by atoms with van der Waals surface area (Å²) in [5.74, 6) is 0.297. The molecule has 1 aromatic carbocycles. The average Bonchev–Trinajstić information content (AvgIpc) is 3.16. The van der Waals surface area contributed by atoms with Crippen molar-refractivity contribution in [3.8, 4) is 0 Å². The highest BCUT2D eigenvalue weighted by Crippen LogP contribution is 2.21. The number of hydrogen-bond acceptors (Lipinski definition) is 3. The first-order valence-electron chi connectivity index (χ1n) is 8.13. The molecule has 0 atom stereocenters. The molecule has 2 N–H and O–H groups in total. The Kier molecular flexibility index (Phi) is 6.59. The first-order valence-corrected chi connectivity index (χ1v) is 8.13. The summed E-state index contributed by atoms with van der Waals surface area (Å²) >= 11 is 0. The summed E-state index contributed by atoms with van der Waals surface area (Å²) in [4.78, 5) is 30.0. The maximum absolute atomic E-state index is 12.3. The monoisotopic (exact) mass is 442 g/mol. The molecule has 24 heavy (non-hydrogen) atoms. The summed E-state index contributed by atoms with van der Waals surface area (Å²) in [7, 11) is 1.73. The van der Waals surface area contributed by atoms with Gasteiger partial charge in [0.1, 0.15) is 0 Å². The van der Waals surface area contributed by atoms with Gasteiger partial charge in [0.25, 0.3) is 11.8 Å². The largest absolute Gasteiger partial charge is 0.355 e. The van der Waals surface area contributed by atoms with Gasteiger partial charge in [-0.1, -0.05) is 25.0 Å². The molecule has 0 spiro atoms. The number of nitrogens with zero attached hydrogens (tertiary/aromatic N) is 2. The van der Waals surface area contributed by atoms with Crippen LogP contribution in [0.15, 0.2) is 29.3 Å². The van der Waals surface area contributed by atoms with Gasteiger partial charge >= 0.3 is 0 Å². The summed E-state index contributed by atoms with van der Waals surface area (Å²) < 4.78 is 0. The molecule has 6 nitrogen and oxygen atoms in total. The second-order valence-corrected chi connectivity index (χ2v) is 5.93. The van der Waals surface area contributed by atoms with Crippen LogP contribution in [0, 0.1) is 0 Å². The molecule has 1 fully saturated rings. The van der Waals surface area contributed by atoms with Crippen LogP contribution in [0.3, 0.4) is 0 Å². The quantitative estimate of drug-likeness (QED) is 0.324. The lowest BCUT2D eigenvalue weighted by molar-refractivity contribution is 0.0657. The van der Waals surface area contributed by atoms with Crippen molar-refractivity contribution in [1.29, 1.82) is 0 Å². The lowest BCUT2D eigenvalue weighted by atomic mass is 10.1. The topological polar surface area (TPSA) is 73.8 Å². The highest BCUT2D eigenvalue weighted by Gasteiger charge is 2.34. The SMILES string of the molecule is CN=C(NCCN1C(=O)c2ccccc2C1=O)NC1CCCC1.I. The average molecular weight is 442 g/mol. The van der Waals surface area contributed by atoms with E-state index in [1.807, 2.05) is 0 Å². The number of amides is 2. The molecule has 0 unspecified atom stereocenters. The molecule has 130 valence electrons. The molecule has 0 radical (unpaired) electrons. The standard InChI is InChI=1S/C17H22N4O2.HI/c1-18-17(20-12-6-2-3-7-12)19-10-11-21-15(22)13-8-4-5-9-14(13)16(21)23;/h4-5,8-9,12H,2-3,6-7,10-11H2,1H3,(H2,18,19,20);1H. The van der Waals surface area contributed by atoms with Crippen LogP contribution in [-0.2, 0) is 0 Å². The number of aliphatic imine (C=N–C) groups is 1. The number of fused-ring (bicyclic) bond motifs is 1. The van der Waals surface area contributed by atoms with Gasteiger partial charge in [-0.05, 0) is 25.0 Å². The van der Waals surface area contributed by atoms with Crippen molar-refractivity contribution in [1.82, 2.24) is 15.5 Å². The Labute approximate surface area is 159 Å². The van der Waals surface area contributed by atoms with Gasteiger partial charge < -0.3 is 10.6 Å². The smallest absolute Gasteiger partial charge is 0.261 e. The van der Waals surface area contributed by atoms with Crippen molar-refractivity contribution in [3.63, 3.8) is 0 Å². The second-order valence-electron chi connectivity index (χ2n) is 5.93. The van der Waals surface area contributed by atoms with E-state index in [1.165, 1.54) is 30.6 Å². The maximum atomic E-state index is 12.3. The summed E-state index contributed by atoms with van der Waals surface area (Å²) in [6, 6.07) is 7.42. The van der Waals surface area contributed by atoms with Gasteiger partial charge in [-0.25, -0.2) is 0 Å². The van der Waals surface area contributed by atoms with Crippen LogP contribution in [0.25, 0.3) is 0 Å². The number of guanidine groups is 1. The summed E-state index contributed by atoms with van der Waals surface area (Å²) in [6.45, 7) is 0.815. The zero-order chi connectivity index (χ0) is 16.2. The van der Waals surface area contributed by atoms with E-state index >= 15 is 0 Å². The Morgan fingerprint density at radius 2 is 1.75 bits per heavy atom. The van der Waals surface area contributed by atoms with Crippen LogP contribution in [0.2, 0.25) is 0 Å². The van der Waals surface area contributed by atoms with Crippen molar-refractivity contribution in [3.05, 3.63) is 35.4 Å². The Balaban J connectivity index is 0.00000208. The van der Waals surface area contributed by atoms with E-state index in [1.54, 1.807) is 31.3 Å². The molecule has 3 rings (SSSR count). The van der Waals surface area contributed by atoms with Crippen LogP contribution < -0.4 is 10.6 Å². The lowest BCUT2D eigenvalue weighted by Gasteiger charge is -2.19. The zero-order valence-electron chi connectivity index (χ0n) is 13.7. The maximum Gasteiger partial charge on any atom is 0.261 e. The van der Waals surface area contributed by atoms with Crippen molar-refractivity contribution in [2.24, 2.45) is 4.99 Å².